The fourth-order valence-corrected chi connectivity index (χ4v) is 4.95. The van der Waals surface area contributed by atoms with E-state index in [1.54, 1.807) is 11.8 Å². The zero-order valence-corrected chi connectivity index (χ0v) is 14.8. The van der Waals surface area contributed by atoms with Crippen LogP contribution in [0.25, 0.3) is 0 Å². The van der Waals surface area contributed by atoms with Crippen LogP contribution in [0.5, 0.6) is 11.5 Å². The number of amides is 1. The van der Waals surface area contributed by atoms with Crippen LogP contribution in [-0.4, -0.2) is 48.9 Å². The Labute approximate surface area is 147 Å². The van der Waals surface area contributed by atoms with E-state index in [0.717, 1.165) is 49.5 Å². The van der Waals surface area contributed by atoms with Gasteiger partial charge in [0.05, 0.1) is 5.25 Å². The van der Waals surface area contributed by atoms with Gasteiger partial charge in [0.1, 0.15) is 18.6 Å². The van der Waals surface area contributed by atoms with Crippen LogP contribution < -0.4 is 14.8 Å². The Morgan fingerprint density at radius 1 is 1.21 bits per heavy atom. The van der Waals surface area contributed by atoms with Gasteiger partial charge in [0.2, 0.25) is 5.91 Å². The lowest BCUT2D eigenvalue weighted by molar-refractivity contribution is -0.130. The smallest absolute Gasteiger partial charge is 0.236 e. The van der Waals surface area contributed by atoms with Crippen LogP contribution in [0.4, 0.5) is 0 Å². The van der Waals surface area contributed by atoms with Crippen molar-refractivity contribution in [2.45, 2.75) is 30.4 Å². The van der Waals surface area contributed by atoms with Gasteiger partial charge in [-0.05, 0) is 56.5 Å². The Hall–Kier alpha value is -1.40. The Kier molecular flexibility index (Phi) is 4.59. The van der Waals surface area contributed by atoms with E-state index in [-0.39, 0.29) is 16.5 Å². The number of carbonyl (C=O) groups excluding carboxylic acids is 1. The average molecular weight is 348 g/mol. The SMILES string of the molecule is CC1SC(c2ccc3c(c2)OCCO3)N(CC2CCNCC2)C1=O. The second-order valence-electron chi connectivity index (χ2n) is 6.72. The van der Waals surface area contributed by atoms with Crippen LogP contribution in [-0.2, 0) is 4.79 Å². The number of ether oxygens (including phenoxy) is 2. The molecule has 1 aromatic carbocycles. The van der Waals surface area contributed by atoms with E-state index in [9.17, 15) is 4.79 Å². The van der Waals surface area contributed by atoms with Crippen LogP contribution in [0.1, 0.15) is 30.7 Å². The highest BCUT2D eigenvalue weighted by atomic mass is 32.2. The first-order valence-electron chi connectivity index (χ1n) is 8.78. The van der Waals surface area contributed by atoms with Gasteiger partial charge in [0, 0.05) is 6.54 Å². The maximum atomic E-state index is 12.7. The van der Waals surface area contributed by atoms with Gasteiger partial charge in [-0.1, -0.05) is 6.07 Å². The molecule has 0 aromatic heterocycles. The summed E-state index contributed by atoms with van der Waals surface area (Å²) >= 11 is 1.74. The minimum absolute atomic E-state index is 0.0184. The largest absolute Gasteiger partial charge is 0.486 e. The summed E-state index contributed by atoms with van der Waals surface area (Å²) in [6.07, 6.45) is 2.30. The molecule has 3 heterocycles. The highest BCUT2D eigenvalue weighted by molar-refractivity contribution is 8.01. The van der Waals surface area contributed by atoms with Gasteiger partial charge >= 0.3 is 0 Å². The number of fused-ring (bicyclic) bond motifs is 1. The fraction of sp³-hybridized carbons (Fsp3) is 0.611. The Bertz CT molecular complexity index is 618. The molecule has 4 rings (SSSR count). The van der Waals surface area contributed by atoms with Crippen molar-refractivity contribution in [2.75, 3.05) is 32.8 Å². The van der Waals surface area contributed by atoms with Crippen molar-refractivity contribution >= 4 is 17.7 Å². The third kappa shape index (κ3) is 3.09. The van der Waals surface area contributed by atoms with Crippen LogP contribution in [0, 0.1) is 5.92 Å². The minimum atomic E-state index is 0.0184. The highest BCUT2D eigenvalue weighted by Gasteiger charge is 2.39. The fourth-order valence-electron chi connectivity index (χ4n) is 3.67. The maximum Gasteiger partial charge on any atom is 0.236 e. The molecule has 5 nitrogen and oxygen atoms in total. The van der Waals surface area contributed by atoms with Gasteiger partial charge in [-0.25, -0.2) is 0 Å². The van der Waals surface area contributed by atoms with Gasteiger partial charge in [0.25, 0.3) is 0 Å². The first kappa shape index (κ1) is 16.1. The van der Waals surface area contributed by atoms with E-state index in [2.05, 4.69) is 16.3 Å². The molecule has 1 aromatic rings. The predicted molar refractivity (Wildman–Crippen MR) is 94.5 cm³/mol. The molecule has 0 spiro atoms. The number of nitrogens with zero attached hydrogens (tertiary/aromatic N) is 1. The molecule has 2 saturated heterocycles. The molecule has 130 valence electrons. The molecule has 0 saturated carbocycles. The van der Waals surface area contributed by atoms with Gasteiger partial charge in [-0.2, -0.15) is 0 Å². The molecule has 0 bridgehead atoms. The summed E-state index contributed by atoms with van der Waals surface area (Å²) in [5, 5.41) is 3.50. The monoisotopic (exact) mass is 348 g/mol. The molecular weight excluding hydrogens is 324 g/mol. The molecule has 24 heavy (non-hydrogen) atoms. The van der Waals surface area contributed by atoms with Crippen molar-refractivity contribution < 1.29 is 14.3 Å². The summed E-state index contributed by atoms with van der Waals surface area (Å²) in [7, 11) is 0. The molecule has 1 N–H and O–H groups in total. The zero-order valence-electron chi connectivity index (χ0n) is 14.0. The second kappa shape index (κ2) is 6.84. The molecule has 3 aliphatic heterocycles. The van der Waals surface area contributed by atoms with E-state index in [1.807, 2.05) is 19.1 Å². The average Bonchev–Trinajstić information content (AvgIpc) is 2.90. The summed E-state index contributed by atoms with van der Waals surface area (Å²) in [5.41, 5.74) is 1.14. The highest BCUT2D eigenvalue weighted by Crippen LogP contribution is 2.45. The molecule has 1 amide bonds. The van der Waals surface area contributed by atoms with Gasteiger partial charge in [0.15, 0.2) is 11.5 Å². The van der Waals surface area contributed by atoms with E-state index >= 15 is 0 Å². The number of rotatable bonds is 3. The topological polar surface area (TPSA) is 50.8 Å². The van der Waals surface area contributed by atoms with Crippen molar-refractivity contribution in [1.82, 2.24) is 10.2 Å². The number of thioether (sulfide) groups is 1. The van der Waals surface area contributed by atoms with Crippen molar-refractivity contribution in [3.8, 4) is 11.5 Å². The molecule has 2 fully saturated rings. The predicted octanol–water partition coefficient (Wildman–Crippen LogP) is 2.42. The molecular formula is C18H24N2O3S. The van der Waals surface area contributed by atoms with Crippen molar-refractivity contribution in [3.05, 3.63) is 23.8 Å². The van der Waals surface area contributed by atoms with Crippen molar-refractivity contribution in [3.63, 3.8) is 0 Å². The lowest BCUT2D eigenvalue weighted by atomic mass is 9.97. The van der Waals surface area contributed by atoms with E-state index in [1.165, 1.54) is 0 Å². The summed E-state index contributed by atoms with van der Waals surface area (Å²) in [6.45, 7) is 6.18. The third-order valence-corrected chi connectivity index (χ3v) is 6.41. The summed E-state index contributed by atoms with van der Waals surface area (Å²) in [6, 6.07) is 6.10. The van der Waals surface area contributed by atoms with Gasteiger partial charge < -0.3 is 19.7 Å². The lowest BCUT2D eigenvalue weighted by Crippen LogP contribution is -2.38. The summed E-state index contributed by atoms with van der Waals surface area (Å²) in [5.74, 6) is 2.46. The standard InChI is InChI=1S/C18H24N2O3S/c1-12-17(21)20(11-13-4-6-19-7-5-13)18(24-12)14-2-3-15-16(10-14)23-9-8-22-15/h2-3,10,12-13,18-19H,4-9,11H2,1H3. The van der Waals surface area contributed by atoms with Gasteiger partial charge in [-0.15, -0.1) is 11.8 Å². The summed E-state index contributed by atoms with van der Waals surface area (Å²) < 4.78 is 11.3. The Balaban J connectivity index is 1.56. The third-order valence-electron chi connectivity index (χ3n) is 5.01. The first-order chi connectivity index (χ1) is 11.7. The Morgan fingerprint density at radius 3 is 2.75 bits per heavy atom. The van der Waals surface area contributed by atoms with Crippen LogP contribution >= 0.6 is 11.8 Å². The number of nitrogens with one attached hydrogen (secondary N) is 1. The number of hydrogen-bond donors (Lipinski definition) is 1. The van der Waals surface area contributed by atoms with Crippen molar-refractivity contribution in [2.24, 2.45) is 5.92 Å². The van der Waals surface area contributed by atoms with Crippen molar-refractivity contribution in [1.29, 1.82) is 0 Å². The second-order valence-corrected chi connectivity index (χ2v) is 8.14. The quantitative estimate of drug-likeness (QED) is 0.909. The molecule has 0 aliphatic carbocycles. The van der Waals surface area contributed by atoms with E-state index in [0.29, 0.717) is 19.1 Å². The number of hydrogen-bond acceptors (Lipinski definition) is 5. The number of piperidine rings is 1. The van der Waals surface area contributed by atoms with E-state index < -0.39 is 0 Å². The minimum Gasteiger partial charge on any atom is -0.486 e. The molecule has 3 aliphatic rings. The molecule has 0 radical (unpaired) electrons. The van der Waals surface area contributed by atoms with Crippen LogP contribution in [0.3, 0.4) is 0 Å². The lowest BCUT2D eigenvalue weighted by Gasteiger charge is -2.31. The normalized spacial score (nSPS) is 27.5. The number of benzene rings is 1. The number of carbonyl (C=O) groups is 1. The Morgan fingerprint density at radius 2 is 1.96 bits per heavy atom. The zero-order chi connectivity index (χ0) is 16.5. The maximum absolute atomic E-state index is 12.7. The van der Waals surface area contributed by atoms with Crippen LogP contribution in [0.2, 0.25) is 0 Å². The molecule has 6 heteroatoms. The first-order valence-corrected chi connectivity index (χ1v) is 9.73. The van der Waals surface area contributed by atoms with Gasteiger partial charge in [-0.3, -0.25) is 4.79 Å². The van der Waals surface area contributed by atoms with Crippen LogP contribution in [0.15, 0.2) is 18.2 Å². The summed E-state index contributed by atoms with van der Waals surface area (Å²) in [4.78, 5) is 14.8. The molecule has 2 unspecified atom stereocenters. The van der Waals surface area contributed by atoms with E-state index in [4.69, 9.17) is 9.47 Å². The molecule has 2 atom stereocenters.